The molecule has 2 aliphatic carbocycles. The maximum absolute atomic E-state index is 12.7. The number of hydrogen-bond acceptors (Lipinski definition) is 4. The highest BCUT2D eigenvalue weighted by Crippen LogP contribution is 2.64. The molecule has 2 fully saturated rings. The molecule has 3 atom stereocenters. The Balaban J connectivity index is 2.15. The number of ether oxygens (including phenoxy) is 1. The number of likely N-dealkylation sites (N-methyl/N-ethyl adjacent to an activating group) is 1. The fraction of sp³-hybridized carbons (Fsp3) is 0.867. The van der Waals surface area contributed by atoms with Gasteiger partial charge >= 0.3 is 5.97 Å². The third-order valence-corrected chi connectivity index (χ3v) is 5.66. The summed E-state index contributed by atoms with van der Waals surface area (Å²) < 4.78 is 4.97. The molecule has 0 aromatic rings. The number of nitrogens with zero attached hydrogens (tertiary/aromatic N) is 1. The van der Waals surface area contributed by atoms with Crippen LogP contribution in [-0.4, -0.2) is 42.9 Å². The lowest BCUT2D eigenvalue weighted by atomic mass is 9.70. The summed E-state index contributed by atoms with van der Waals surface area (Å²) in [7, 11) is 1.86. The van der Waals surface area contributed by atoms with Gasteiger partial charge in [-0.15, -0.1) is 0 Å². The molecule has 0 spiro atoms. The van der Waals surface area contributed by atoms with Crippen LogP contribution in [0.15, 0.2) is 0 Å². The van der Waals surface area contributed by atoms with Crippen LogP contribution in [0.2, 0.25) is 0 Å². The Morgan fingerprint density at radius 1 is 1.42 bits per heavy atom. The minimum absolute atomic E-state index is 0.0255. The van der Waals surface area contributed by atoms with Crippen LogP contribution in [0, 0.1) is 16.7 Å². The quantitative estimate of drug-likeness (QED) is 0.730. The first-order valence-electron chi connectivity index (χ1n) is 7.16. The molecule has 0 N–H and O–H groups in total. The van der Waals surface area contributed by atoms with E-state index in [-0.39, 0.29) is 29.4 Å². The SMILES string of the molecule is CCOC(=O)CN(C)C1C(=O)C2(C)CCC1C2(C)C. The van der Waals surface area contributed by atoms with Crippen LogP contribution in [0.25, 0.3) is 0 Å². The molecule has 0 aliphatic heterocycles. The summed E-state index contributed by atoms with van der Waals surface area (Å²) in [6.07, 6.45) is 2.06. The maximum atomic E-state index is 12.7. The molecule has 0 aromatic carbocycles. The largest absolute Gasteiger partial charge is 0.465 e. The van der Waals surface area contributed by atoms with Crippen molar-refractivity contribution in [2.45, 2.75) is 46.6 Å². The molecule has 19 heavy (non-hydrogen) atoms. The van der Waals surface area contributed by atoms with Gasteiger partial charge in [-0.25, -0.2) is 0 Å². The summed E-state index contributed by atoms with van der Waals surface area (Å²) in [4.78, 5) is 26.2. The maximum Gasteiger partial charge on any atom is 0.320 e. The van der Waals surface area contributed by atoms with Crippen molar-refractivity contribution >= 4 is 11.8 Å². The second kappa shape index (κ2) is 4.58. The minimum atomic E-state index is -0.247. The highest BCUT2D eigenvalue weighted by molar-refractivity contribution is 5.94. The Bertz CT molecular complexity index is 404. The minimum Gasteiger partial charge on any atom is -0.465 e. The van der Waals surface area contributed by atoms with Crippen molar-refractivity contribution in [3.05, 3.63) is 0 Å². The third-order valence-electron chi connectivity index (χ3n) is 5.66. The predicted molar refractivity (Wildman–Crippen MR) is 72.7 cm³/mol. The van der Waals surface area contributed by atoms with Crippen LogP contribution in [0.1, 0.15) is 40.5 Å². The molecule has 0 aromatic heterocycles. The second-order valence-electron chi connectivity index (χ2n) is 6.73. The molecule has 0 radical (unpaired) electrons. The molecule has 0 heterocycles. The molecule has 0 saturated heterocycles. The summed E-state index contributed by atoms with van der Waals surface area (Å²) in [5.41, 5.74) is -0.205. The zero-order chi connectivity index (χ0) is 14.4. The fourth-order valence-corrected chi connectivity index (χ4v) is 4.05. The first-order chi connectivity index (χ1) is 8.75. The summed E-state index contributed by atoms with van der Waals surface area (Å²) in [5, 5.41) is 0. The van der Waals surface area contributed by atoms with Crippen LogP contribution in [0.4, 0.5) is 0 Å². The first-order valence-corrected chi connectivity index (χ1v) is 7.16. The van der Waals surface area contributed by atoms with Gasteiger partial charge in [0.1, 0.15) is 0 Å². The zero-order valence-corrected chi connectivity index (χ0v) is 12.7. The van der Waals surface area contributed by atoms with E-state index in [1.165, 1.54) is 0 Å². The number of carbonyl (C=O) groups excluding carboxylic acids is 2. The lowest BCUT2D eigenvalue weighted by molar-refractivity contribution is -0.145. The van der Waals surface area contributed by atoms with E-state index in [4.69, 9.17) is 4.74 Å². The topological polar surface area (TPSA) is 46.6 Å². The number of esters is 1. The van der Waals surface area contributed by atoms with E-state index in [9.17, 15) is 9.59 Å². The number of hydrogen-bond donors (Lipinski definition) is 0. The van der Waals surface area contributed by atoms with E-state index >= 15 is 0 Å². The first kappa shape index (κ1) is 14.5. The molecular weight excluding hydrogens is 242 g/mol. The Labute approximate surface area is 115 Å². The van der Waals surface area contributed by atoms with E-state index in [0.29, 0.717) is 18.3 Å². The third kappa shape index (κ3) is 1.92. The molecule has 0 amide bonds. The summed E-state index contributed by atoms with van der Waals surface area (Å²) in [6, 6.07) is -0.127. The summed E-state index contributed by atoms with van der Waals surface area (Å²) >= 11 is 0. The van der Waals surface area contributed by atoms with E-state index in [1.807, 2.05) is 11.9 Å². The average Bonchev–Trinajstić information content (AvgIpc) is 2.61. The van der Waals surface area contributed by atoms with Crippen LogP contribution in [0.5, 0.6) is 0 Å². The monoisotopic (exact) mass is 267 g/mol. The van der Waals surface area contributed by atoms with Gasteiger partial charge in [-0.3, -0.25) is 14.5 Å². The standard InChI is InChI=1S/C15H25NO3/c1-6-19-11(17)9-16(5)12-10-7-8-15(4,13(12)18)14(10,2)3/h10,12H,6-9H2,1-5H3. The molecule has 2 saturated carbocycles. The number of ketones is 1. The van der Waals surface area contributed by atoms with Gasteiger partial charge in [-0.2, -0.15) is 0 Å². The second-order valence-corrected chi connectivity index (χ2v) is 6.73. The van der Waals surface area contributed by atoms with Gasteiger partial charge in [0.25, 0.3) is 0 Å². The molecular formula is C15H25NO3. The lowest BCUT2D eigenvalue weighted by Crippen LogP contribution is -2.46. The highest BCUT2D eigenvalue weighted by Gasteiger charge is 2.66. The molecule has 2 bridgehead atoms. The number of fused-ring (bicyclic) bond motifs is 2. The molecule has 3 unspecified atom stereocenters. The van der Waals surface area contributed by atoms with Crippen molar-refractivity contribution in [3.63, 3.8) is 0 Å². The Morgan fingerprint density at radius 3 is 2.53 bits per heavy atom. The molecule has 108 valence electrons. The Morgan fingerprint density at radius 2 is 2.05 bits per heavy atom. The van der Waals surface area contributed by atoms with Crippen molar-refractivity contribution in [3.8, 4) is 0 Å². The van der Waals surface area contributed by atoms with Gasteiger partial charge < -0.3 is 4.74 Å². The number of Topliss-reactive ketones (excluding diaryl/α,β-unsaturated/α-hetero) is 1. The van der Waals surface area contributed by atoms with E-state index in [1.54, 1.807) is 6.92 Å². The highest BCUT2D eigenvalue weighted by atomic mass is 16.5. The fourth-order valence-electron chi connectivity index (χ4n) is 4.05. The summed E-state index contributed by atoms with van der Waals surface area (Å²) in [6.45, 7) is 8.87. The smallest absolute Gasteiger partial charge is 0.320 e. The van der Waals surface area contributed by atoms with Crippen LogP contribution in [-0.2, 0) is 14.3 Å². The van der Waals surface area contributed by atoms with Crippen LogP contribution < -0.4 is 0 Å². The van der Waals surface area contributed by atoms with Gasteiger partial charge in [-0.05, 0) is 38.1 Å². The van der Waals surface area contributed by atoms with Gasteiger partial charge in [0.05, 0.1) is 19.2 Å². The van der Waals surface area contributed by atoms with Crippen molar-refractivity contribution in [2.24, 2.45) is 16.7 Å². The Kier molecular flexibility index (Phi) is 3.50. The van der Waals surface area contributed by atoms with E-state index < -0.39 is 0 Å². The van der Waals surface area contributed by atoms with Gasteiger partial charge in [0, 0.05) is 5.41 Å². The van der Waals surface area contributed by atoms with Crippen molar-refractivity contribution in [1.29, 1.82) is 0 Å². The van der Waals surface area contributed by atoms with Gasteiger partial charge in [0.15, 0.2) is 5.78 Å². The van der Waals surface area contributed by atoms with Crippen LogP contribution in [0.3, 0.4) is 0 Å². The molecule has 4 heteroatoms. The molecule has 2 aliphatic rings. The average molecular weight is 267 g/mol. The van der Waals surface area contributed by atoms with Gasteiger partial charge in [-0.1, -0.05) is 20.8 Å². The normalized spacial score (nSPS) is 36.0. The lowest BCUT2D eigenvalue weighted by Gasteiger charge is -2.32. The summed E-state index contributed by atoms with van der Waals surface area (Å²) in [5.74, 6) is 0.411. The Hall–Kier alpha value is -0.900. The zero-order valence-electron chi connectivity index (χ0n) is 12.7. The van der Waals surface area contributed by atoms with E-state index in [0.717, 1.165) is 12.8 Å². The van der Waals surface area contributed by atoms with Crippen LogP contribution >= 0.6 is 0 Å². The molecule has 2 rings (SSSR count). The number of carbonyl (C=O) groups is 2. The predicted octanol–water partition coefficient (Wildman–Crippen LogP) is 1.88. The van der Waals surface area contributed by atoms with Crippen molar-refractivity contribution in [2.75, 3.05) is 20.2 Å². The van der Waals surface area contributed by atoms with Gasteiger partial charge in [0.2, 0.25) is 0 Å². The molecule has 4 nitrogen and oxygen atoms in total. The number of rotatable bonds is 4. The van der Waals surface area contributed by atoms with Crippen molar-refractivity contribution in [1.82, 2.24) is 4.90 Å². The van der Waals surface area contributed by atoms with E-state index in [2.05, 4.69) is 20.8 Å². The van der Waals surface area contributed by atoms with Crippen molar-refractivity contribution < 1.29 is 14.3 Å².